The van der Waals surface area contributed by atoms with Gasteiger partial charge in [-0.3, -0.25) is 19.3 Å². The normalized spacial score (nSPS) is 31.7. The molecule has 23 heavy (non-hydrogen) atoms. The quantitative estimate of drug-likeness (QED) is 0.557. The molecule has 5 amide bonds. The predicted molar refractivity (Wildman–Crippen MR) is 81.1 cm³/mol. The maximum atomic E-state index is 12.7. The van der Waals surface area contributed by atoms with Gasteiger partial charge in [-0.1, -0.05) is 19.8 Å². The van der Waals surface area contributed by atoms with Crippen LogP contribution in [0.15, 0.2) is 0 Å². The first kappa shape index (κ1) is 16.0. The standard InChI is InChI=1S/C16H23N3O4/c1-10-7-8-18(12-6-4-3-5-11(10)12)13(20)9-19-15(22)14(21)17(2)16(19)23/h10-12H,3-9H2,1-2H3. The van der Waals surface area contributed by atoms with Gasteiger partial charge in [0, 0.05) is 19.6 Å². The van der Waals surface area contributed by atoms with Gasteiger partial charge in [-0.05, 0) is 31.1 Å². The summed E-state index contributed by atoms with van der Waals surface area (Å²) in [5.74, 6) is -0.886. The van der Waals surface area contributed by atoms with Crippen LogP contribution in [0.1, 0.15) is 39.0 Å². The molecule has 0 aromatic rings. The molecular formula is C16H23N3O4. The van der Waals surface area contributed by atoms with Crippen LogP contribution < -0.4 is 0 Å². The average Bonchev–Trinajstić information content (AvgIpc) is 2.73. The average molecular weight is 321 g/mol. The Morgan fingerprint density at radius 2 is 1.78 bits per heavy atom. The molecule has 1 aliphatic carbocycles. The van der Waals surface area contributed by atoms with E-state index >= 15 is 0 Å². The number of likely N-dealkylation sites (N-methyl/N-ethyl adjacent to an activating group) is 1. The van der Waals surface area contributed by atoms with Crippen molar-refractivity contribution in [2.75, 3.05) is 20.1 Å². The summed E-state index contributed by atoms with van der Waals surface area (Å²) in [5, 5.41) is 0. The molecule has 7 nitrogen and oxygen atoms in total. The summed E-state index contributed by atoms with van der Waals surface area (Å²) in [6.07, 6.45) is 5.39. The lowest BCUT2D eigenvalue weighted by molar-refractivity contribution is -0.146. The lowest BCUT2D eigenvalue weighted by Gasteiger charge is -2.47. The van der Waals surface area contributed by atoms with Gasteiger partial charge < -0.3 is 4.90 Å². The number of rotatable bonds is 2. The third kappa shape index (κ3) is 2.62. The highest BCUT2D eigenvalue weighted by molar-refractivity contribution is 6.44. The van der Waals surface area contributed by atoms with E-state index in [4.69, 9.17) is 0 Å². The van der Waals surface area contributed by atoms with Gasteiger partial charge in [0.15, 0.2) is 0 Å². The molecule has 126 valence electrons. The van der Waals surface area contributed by atoms with Crippen molar-refractivity contribution in [3.8, 4) is 0 Å². The first-order valence-corrected chi connectivity index (χ1v) is 8.34. The van der Waals surface area contributed by atoms with Crippen LogP contribution in [0.3, 0.4) is 0 Å². The molecule has 0 aromatic heterocycles. The van der Waals surface area contributed by atoms with Crippen LogP contribution in [0, 0.1) is 11.8 Å². The van der Waals surface area contributed by atoms with E-state index < -0.39 is 17.8 Å². The Hall–Kier alpha value is -1.92. The van der Waals surface area contributed by atoms with E-state index in [1.54, 1.807) is 0 Å². The fourth-order valence-corrected chi connectivity index (χ4v) is 4.20. The van der Waals surface area contributed by atoms with Crippen LogP contribution in [-0.2, 0) is 14.4 Å². The van der Waals surface area contributed by atoms with Crippen molar-refractivity contribution in [2.45, 2.75) is 45.1 Å². The Labute approximate surface area is 135 Å². The second kappa shape index (κ2) is 5.94. The molecule has 3 fully saturated rings. The number of imide groups is 2. The molecule has 0 aromatic carbocycles. The molecule has 0 N–H and O–H groups in total. The Balaban J connectivity index is 1.72. The van der Waals surface area contributed by atoms with Crippen LogP contribution in [0.4, 0.5) is 4.79 Å². The van der Waals surface area contributed by atoms with E-state index in [-0.39, 0.29) is 18.5 Å². The molecule has 0 spiro atoms. The number of carbonyl (C=O) groups excluding carboxylic acids is 4. The second-order valence-electron chi connectivity index (χ2n) is 6.91. The van der Waals surface area contributed by atoms with Crippen molar-refractivity contribution in [1.82, 2.24) is 14.7 Å². The van der Waals surface area contributed by atoms with Gasteiger partial charge in [0.1, 0.15) is 6.54 Å². The van der Waals surface area contributed by atoms with Crippen LogP contribution >= 0.6 is 0 Å². The van der Waals surface area contributed by atoms with Gasteiger partial charge in [-0.25, -0.2) is 9.69 Å². The summed E-state index contributed by atoms with van der Waals surface area (Å²) in [7, 11) is 1.26. The van der Waals surface area contributed by atoms with E-state index in [9.17, 15) is 19.2 Å². The minimum absolute atomic E-state index is 0.209. The molecule has 2 heterocycles. The zero-order chi connectivity index (χ0) is 16.7. The third-order valence-electron chi connectivity index (χ3n) is 5.60. The van der Waals surface area contributed by atoms with Crippen molar-refractivity contribution < 1.29 is 19.2 Å². The molecule has 3 atom stereocenters. The molecule has 0 radical (unpaired) electrons. The summed E-state index contributed by atoms with van der Waals surface area (Å²) in [5.41, 5.74) is 0. The molecule has 2 saturated heterocycles. The minimum atomic E-state index is -0.906. The lowest BCUT2D eigenvalue weighted by atomic mass is 9.72. The zero-order valence-corrected chi connectivity index (χ0v) is 13.7. The Kier molecular flexibility index (Phi) is 4.12. The molecule has 0 bridgehead atoms. The van der Waals surface area contributed by atoms with Crippen molar-refractivity contribution in [3.63, 3.8) is 0 Å². The van der Waals surface area contributed by atoms with E-state index in [2.05, 4.69) is 6.92 Å². The highest BCUT2D eigenvalue weighted by atomic mass is 16.2. The van der Waals surface area contributed by atoms with E-state index in [1.807, 2.05) is 4.90 Å². The minimum Gasteiger partial charge on any atom is -0.338 e. The van der Waals surface area contributed by atoms with Gasteiger partial charge in [0.25, 0.3) is 0 Å². The van der Waals surface area contributed by atoms with Crippen LogP contribution in [0.25, 0.3) is 0 Å². The number of urea groups is 1. The monoisotopic (exact) mass is 321 g/mol. The predicted octanol–water partition coefficient (Wildman–Crippen LogP) is 0.834. The molecule has 7 heteroatoms. The summed E-state index contributed by atoms with van der Waals surface area (Å²) in [6, 6.07) is -0.500. The van der Waals surface area contributed by atoms with Crippen molar-refractivity contribution in [1.29, 1.82) is 0 Å². The number of nitrogens with zero attached hydrogens (tertiary/aromatic N) is 3. The van der Waals surface area contributed by atoms with E-state index in [0.717, 1.165) is 35.5 Å². The summed E-state index contributed by atoms with van der Waals surface area (Å²) >= 11 is 0. The van der Waals surface area contributed by atoms with E-state index in [0.29, 0.717) is 18.4 Å². The zero-order valence-electron chi connectivity index (χ0n) is 13.7. The number of fused-ring (bicyclic) bond motifs is 1. The molecule has 3 rings (SSSR count). The molecule has 1 saturated carbocycles. The number of likely N-dealkylation sites (tertiary alicyclic amines) is 1. The van der Waals surface area contributed by atoms with Crippen LogP contribution in [0.2, 0.25) is 0 Å². The van der Waals surface area contributed by atoms with Crippen LogP contribution in [0.5, 0.6) is 0 Å². The van der Waals surface area contributed by atoms with Crippen molar-refractivity contribution in [2.24, 2.45) is 11.8 Å². The summed E-state index contributed by atoms with van der Waals surface area (Å²) < 4.78 is 0. The SMILES string of the molecule is CC1CCN(C(=O)CN2C(=O)C(=O)N(C)C2=O)C2CCCCC12. The first-order valence-electron chi connectivity index (χ1n) is 8.34. The molecule has 2 aliphatic heterocycles. The van der Waals surface area contributed by atoms with Gasteiger partial charge in [-0.2, -0.15) is 0 Å². The maximum absolute atomic E-state index is 12.7. The first-order chi connectivity index (χ1) is 10.9. The van der Waals surface area contributed by atoms with Crippen molar-refractivity contribution >= 4 is 23.8 Å². The van der Waals surface area contributed by atoms with Gasteiger partial charge in [-0.15, -0.1) is 0 Å². The smallest absolute Gasteiger partial charge is 0.334 e. The lowest BCUT2D eigenvalue weighted by Crippen LogP contribution is -2.55. The number of piperidine rings is 1. The largest absolute Gasteiger partial charge is 0.338 e. The summed E-state index contributed by atoms with van der Waals surface area (Å²) in [6.45, 7) is 2.58. The summed E-state index contributed by atoms with van der Waals surface area (Å²) in [4.78, 5) is 51.3. The number of hydrogen-bond donors (Lipinski definition) is 0. The van der Waals surface area contributed by atoms with Gasteiger partial charge >= 0.3 is 17.8 Å². The Morgan fingerprint density at radius 1 is 1.09 bits per heavy atom. The van der Waals surface area contributed by atoms with Gasteiger partial charge in [0.2, 0.25) is 5.91 Å². The van der Waals surface area contributed by atoms with E-state index in [1.165, 1.54) is 13.5 Å². The topological polar surface area (TPSA) is 78.0 Å². The fraction of sp³-hybridized carbons (Fsp3) is 0.750. The Bertz CT molecular complexity index is 562. The molecular weight excluding hydrogens is 298 g/mol. The highest BCUT2D eigenvalue weighted by Crippen LogP contribution is 2.38. The Morgan fingerprint density at radius 3 is 2.43 bits per heavy atom. The van der Waals surface area contributed by atoms with Gasteiger partial charge in [0.05, 0.1) is 0 Å². The second-order valence-corrected chi connectivity index (χ2v) is 6.91. The molecule has 3 aliphatic rings. The van der Waals surface area contributed by atoms with Crippen molar-refractivity contribution in [3.05, 3.63) is 0 Å². The highest BCUT2D eigenvalue weighted by Gasteiger charge is 2.45. The van der Waals surface area contributed by atoms with Crippen LogP contribution in [-0.4, -0.2) is 64.6 Å². The molecule has 3 unspecified atom stereocenters. The third-order valence-corrected chi connectivity index (χ3v) is 5.60. The fourth-order valence-electron chi connectivity index (χ4n) is 4.20. The number of amides is 5. The number of hydrogen-bond acceptors (Lipinski definition) is 4. The number of carbonyl (C=O) groups is 4. The maximum Gasteiger partial charge on any atom is 0.334 e.